The highest BCUT2D eigenvalue weighted by molar-refractivity contribution is 6.43. The molecule has 2 N–H and O–H groups in total. The summed E-state index contributed by atoms with van der Waals surface area (Å²) in [5.74, 6) is -3.01. The van der Waals surface area contributed by atoms with Crippen LogP contribution in [0.25, 0.3) is 0 Å². The zero-order chi connectivity index (χ0) is 19.2. The van der Waals surface area contributed by atoms with Crippen LogP contribution in [0.2, 0.25) is 0 Å². The molecule has 5 nitrogen and oxygen atoms in total. The summed E-state index contributed by atoms with van der Waals surface area (Å²) in [6.45, 7) is 0. The molecule has 27 heavy (non-hydrogen) atoms. The smallest absolute Gasteiger partial charge is 0.314 e. The Balaban J connectivity index is 1.61. The lowest BCUT2D eigenvalue weighted by Gasteiger charge is -2.09. The Morgan fingerprint density at radius 2 is 1.22 bits per heavy atom. The van der Waals surface area contributed by atoms with Gasteiger partial charge in [-0.25, -0.2) is 8.78 Å². The minimum absolute atomic E-state index is 0.324. The standard InChI is InChI=1S/C20H14F2N2O3/c21-16-7-4-8-17(22)18(16)24-20(26)19(25)23-13-9-11-15(12-10-13)27-14-5-2-1-3-6-14/h1-12H,(H,23,25)(H,24,26). The zero-order valence-corrected chi connectivity index (χ0v) is 13.9. The number of anilines is 2. The van der Waals surface area contributed by atoms with E-state index in [1.165, 1.54) is 12.1 Å². The van der Waals surface area contributed by atoms with Gasteiger partial charge in [0.25, 0.3) is 0 Å². The van der Waals surface area contributed by atoms with E-state index in [9.17, 15) is 18.4 Å². The number of rotatable bonds is 4. The van der Waals surface area contributed by atoms with Crippen LogP contribution in [0.5, 0.6) is 11.5 Å². The Hall–Kier alpha value is -3.74. The lowest BCUT2D eigenvalue weighted by molar-refractivity contribution is -0.133. The van der Waals surface area contributed by atoms with Crippen LogP contribution < -0.4 is 15.4 Å². The third-order valence-corrected chi connectivity index (χ3v) is 3.50. The number of carbonyl (C=O) groups is 2. The Morgan fingerprint density at radius 1 is 0.667 bits per heavy atom. The molecule has 0 bridgehead atoms. The van der Waals surface area contributed by atoms with Crippen molar-refractivity contribution in [3.63, 3.8) is 0 Å². The first kappa shape index (κ1) is 18.1. The quantitative estimate of drug-likeness (QED) is 0.674. The van der Waals surface area contributed by atoms with E-state index in [4.69, 9.17) is 4.74 Å². The van der Waals surface area contributed by atoms with Crippen molar-refractivity contribution >= 4 is 23.2 Å². The largest absolute Gasteiger partial charge is 0.457 e. The molecule has 0 unspecified atom stereocenters. The van der Waals surface area contributed by atoms with E-state index in [2.05, 4.69) is 5.32 Å². The third-order valence-electron chi connectivity index (χ3n) is 3.50. The molecule has 0 heterocycles. The first-order valence-corrected chi connectivity index (χ1v) is 7.92. The maximum atomic E-state index is 13.5. The van der Waals surface area contributed by atoms with Gasteiger partial charge in [-0.15, -0.1) is 0 Å². The van der Waals surface area contributed by atoms with Crippen LogP contribution >= 0.6 is 0 Å². The van der Waals surface area contributed by atoms with Crippen molar-refractivity contribution in [2.24, 2.45) is 0 Å². The molecule has 2 amide bonds. The van der Waals surface area contributed by atoms with E-state index in [1.54, 1.807) is 24.3 Å². The Labute approximate surface area is 153 Å². The fourth-order valence-electron chi connectivity index (χ4n) is 2.21. The van der Waals surface area contributed by atoms with Crippen LogP contribution in [0, 0.1) is 11.6 Å². The van der Waals surface area contributed by atoms with Crippen LogP contribution in [0.15, 0.2) is 72.8 Å². The lowest BCUT2D eigenvalue weighted by atomic mass is 10.2. The lowest BCUT2D eigenvalue weighted by Crippen LogP contribution is -2.29. The van der Waals surface area contributed by atoms with Gasteiger partial charge in [0.05, 0.1) is 0 Å². The number of benzene rings is 3. The highest BCUT2D eigenvalue weighted by atomic mass is 19.1. The van der Waals surface area contributed by atoms with Gasteiger partial charge in [-0.1, -0.05) is 24.3 Å². The molecule has 0 aliphatic carbocycles. The van der Waals surface area contributed by atoms with E-state index in [0.717, 1.165) is 18.2 Å². The summed E-state index contributed by atoms with van der Waals surface area (Å²) in [7, 11) is 0. The summed E-state index contributed by atoms with van der Waals surface area (Å²) in [6.07, 6.45) is 0. The molecule has 0 aromatic heterocycles. The van der Waals surface area contributed by atoms with Crippen molar-refractivity contribution in [1.82, 2.24) is 0 Å². The second-order valence-electron chi connectivity index (χ2n) is 5.44. The first-order chi connectivity index (χ1) is 13.0. The maximum absolute atomic E-state index is 13.5. The van der Waals surface area contributed by atoms with Gasteiger partial charge in [-0.05, 0) is 48.5 Å². The highest BCUT2D eigenvalue weighted by Gasteiger charge is 2.18. The number of amides is 2. The number of halogens is 2. The number of hydrogen-bond acceptors (Lipinski definition) is 3. The van der Waals surface area contributed by atoms with Gasteiger partial charge in [0.2, 0.25) is 0 Å². The average molecular weight is 368 g/mol. The molecule has 0 atom stereocenters. The van der Waals surface area contributed by atoms with Crippen molar-refractivity contribution in [3.8, 4) is 11.5 Å². The number of hydrogen-bond donors (Lipinski definition) is 2. The summed E-state index contributed by atoms with van der Waals surface area (Å²) in [5, 5.41) is 4.26. The topological polar surface area (TPSA) is 67.4 Å². The van der Waals surface area contributed by atoms with E-state index >= 15 is 0 Å². The van der Waals surface area contributed by atoms with E-state index in [-0.39, 0.29) is 0 Å². The maximum Gasteiger partial charge on any atom is 0.314 e. The van der Waals surface area contributed by atoms with Crippen LogP contribution in [-0.2, 0) is 9.59 Å². The molecule has 0 aliphatic rings. The van der Waals surface area contributed by atoms with Crippen molar-refractivity contribution in [2.75, 3.05) is 10.6 Å². The minimum atomic E-state index is -1.19. The number of carbonyl (C=O) groups excluding carboxylic acids is 2. The molecular formula is C20H14F2N2O3. The molecule has 136 valence electrons. The van der Waals surface area contributed by atoms with Gasteiger partial charge >= 0.3 is 11.8 Å². The molecule has 3 aromatic rings. The number of para-hydroxylation sites is 2. The van der Waals surface area contributed by atoms with Crippen molar-refractivity contribution in [2.45, 2.75) is 0 Å². The predicted molar refractivity (Wildman–Crippen MR) is 96.6 cm³/mol. The van der Waals surface area contributed by atoms with Crippen molar-refractivity contribution in [3.05, 3.63) is 84.4 Å². The number of nitrogens with one attached hydrogen (secondary N) is 2. The Kier molecular flexibility index (Phi) is 5.41. The number of ether oxygens (including phenoxy) is 1. The normalized spacial score (nSPS) is 10.1. The van der Waals surface area contributed by atoms with E-state index < -0.39 is 29.1 Å². The summed E-state index contributed by atoms with van der Waals surface area (Å²) in [4.78, 5) is 23.8. The van der Waals surface area contributed by atoms with Crippen LogP contribution in [-0.4, -0.2) is 11.8 Å². The van der Waals surface area contributed by atoms with E-state index in [0.29, 0.717) is 17.2 Å². The van der Waals surface area contributed by atoms with Gasteiger partial charge in [0.15, 0.2) is 0 Å². The predicted octanol–water partition coefficient (Wildman–Crippen LogP) is 4.33. The Bertz CT molecular complexity index is 940. The summed E-state index contributed by atoms with van der Waals surface area (Å²) in [6, 6.07) is 18.5. The molecule has 3 rings (SSSR count). The van der Waals surface area contributed by atoms with Gasteiger partial charge < -0.3 is 15.4 Å². The average Bonchev–Trinajstić information content (AvgIpc) is 2.67. The van der Waals surface area contributed by atoms with Gasteiger partial charge in [-0.3, -0.25) is 9.59 Å². The molecular weight excluding hydrogens is 354 g/mol. The fourth-order valence-corrected chi connectivity index (χ4v) is 2.21. The molecule has 0 saturated heterocycles. The molecule has 0 aliphatic heterocycles. The van der Waals surface area contributed by atoms with E-state index in [1.807, 2.05) is 23.5 Å². The molecule has 0 radical (unpaired) electrons. The van der Waals surface area contributed by atoms with Crippen LogP contribution in [0.3, 0.4) is 0 Å². The monoisotopic (exact) mass is 368 g/mol. The second-order valence-corrected chi connectivity index (χ2v) is 5.44. The minimum Gasteiger partial charge on any atom is -0.457 e. The third kappa shape index (κ3) is 4.66. The molecule has 0 spiro atoms. The zero-order valence-electron chi connectivity index (χ0n) is 13.9. The van der Waals surface area contributed by atoms with Crippen LogP contribution in [0.1, 0.15) is 0 Å². The molecule has 3 aromatic carbocycles. The molecule has 7 heteroatoms. The SMILES string of the molecule is O=C(Nc1ccc(Oc2ccccc2)cc1)C(=O)Nc1c(F)cccc1F. The summed E-state index contributed by atoms with van der Waals surface area (Å²) >= 11 is 0. The van der Waals surface area contributed by atoms with Crippen LogP contribution in [0.4, 0.5) is 20.2 Å². The summed E-state index contributed by atoms with van der Waals surface area (Å²) in [5.41, 5.74) is -0.353. The van der Waals surface area contributed by atoms with Gasteiger partial charge in [-0.2, -0.15) is 0 Å². The van der Waals surface area contributed by atoms with Crippen molar-refractivity contribution < 1.29 is 23.1 Å². The highest BCUT2D eigenvalue weighted by Crippen LogP contribution is 2.23. The first-order valence-electron chi connectivity index (χ1n) is 7.92. The molecule has 0 saturated carbocycles. The van der Waals surface area contributed by atoms with Gasteiger partial charge in [0, 0.05) is 5.69 Å². The summed E-state index contributed by atoms with van der Waals surface area (Å²) < 4.78 is 32.7. The molecule has 0 fully saturated rings. The van der Waals surface area contributed by atoms with Gasteiger partial charge in [0.1, 0.15) is 28.8 Å². The Morgan fingerprint density at radius 3 is 1.85 bits per heavy atom. The fraction of sp³-hybridized carbons (Fsp3) is 0. The van der Waals surface area contributed by atoms with Crippen molar-refractivity contribution in [1.29, 1.82) is 0 Å². The second kappa shape index (κ2) is 8.09.